The number of rotatable bonds is 2. The van der Waals surface area contributed by atoms with E-state index >= 15 is 0 Å². The third-order valence-electron chi connectivity index (χ3n) is 2.77. The highest BCUT2D eigenvalue weighted by molar-refractivity contribution is 9.10. The van der Waals surface area contributed by atoms with Gasteiger partial charge in [0.15, 0.2) is 0 Å². The van der Waals surface area contributed by atoms with Crippen molar-refractivity contribution in [1.82, 2.24) is 14.5 Å². The summed E-state index contributed by atoms with van der Waals surface area (Å²) in [7, 11) is 0. The van der Waals surface area contributed by atoms with Gasteiger partial charge in [-0.25, -0.2) is 9.36 Å². The summed E-state index contributed by atoms with van der Waals surface area (Å²) in [4.78, 5) is 39.0. The molecule has 2 rings (SSSR count). The van der Waals surface area contributed by atoms with Gasteiger partial charge in [-0.05, 0) is 28.8 Å². The van der Waals surface area contributed by atoms with Gasteiger partial charge in [0.1, 0.15) is 6.54 Å². The zero-order valence-electron chi connectivity index (χ0n) is 9.11. The minimum absolute atomic E-state index is 0.187. The van der Waals surface area contributed by atoms with Gasteiger partial charge in [-0.15, -0.1) is 0 Å². The van der Waals surface area contributed by atoms with E-state index in [1.165, 1.54) is 6.20 Å². The van der Waals surface area contributed by atoms with E-state index in [1.54, 1.807) is 4.90 Å². The van der Waals surface area contributed by atoms with Crippen LogP contribution in [-0.4, -0.2) is 33.4 Å². The van der Waals surface area contributed by atoms with Gasteiger partial charge in [0.05, 0.1) is 4.47 Å². The molecule has 0 bridgehead atoms. The lowest BCUT2D eigenvalue weighted by atomic mass is 10.4. The Morgan fingerprint density at radius 1 is 1.35 bits per heavy atom. The van der Waals surface area contributed by atoms with Crippen molar-refractivity contribution in [2.24, 2.45) is 0 Å². The number of hydrogen-bond acceptors (Lipinski definition) is 3. The zero-order chi connectivity index (χ0) is 12.4. The first-order chi connectivity index (χ1) is 8.09. The molecule has 0 spiro atoms. The van der Waals surface area contributed by atoms with Gasteiger partial charge in [-0.2, -0.15) is 0 Å². The molecule has 7 heteroatoms. The standard InChI is InChI=1S/C10H12BrN3O3/c11-7-5-12-10(17)14(9(7)16)6-8(15)13-3-1-2-4-13/h5H,1-4,6H2,(H,12,17). The molecule has 0 atom stereocenters. The van der Waals surface area contributed by atoms with Crippen LogP contribution in [0.5, 0.6) is 0 Å². The fourth-order valence-corrected chi connectivity index (χ4v) is 2.16. The molecule has 1 aromatic heterocycles. The molecule has 2 heterocycles. The normalized spacial score (nSPS) is 15.2. The smallest absolute Gasteiger partial charge is 0.328 e. The van der Waals surface area contributed by atoms with E-state index in [4.69, 9.17) is 0 Å². The summed E-state index contributed by atoms with van der Waals surface area (Å²) < 4.78 is 1.15. The van der Waals surface area contributed by atoms with Crippen LogP contribution in [0.3, 0.4) is 0 Å². The van der Waals surface area contributed by atoms with E-state index in [1.807, 2.05) is 0 Å². The molecule has 17 heavy (non-hydrogen) atoms. The second kappa shape index (κ2) is 4.87. The third-order valence-corrected chi connectivity index (χ3v) is 3.34. The molecule has 6 nitrogen and oxygen atoms in total. The summed E-state index contributed by atoms with van der Waals surface area (Å²) in [6.45, 7) is 1.21. The molecule has 1 fully saturated rings. The van der Waals surface area contributed by atoms with Crippen LogP contribution >= 0.6 is 15.9 Å². The van der Waals surface area contributed by atoms with Crippen LogP contribution in [-0.2, 0) is 11.3 Å². The van der Waals surface area contributed by atoms with Crippen LogP contribution in [0.4, 0.5) is 0 Å². The van der Waals surface area contributed by atoms with E-state index < -0.39 is 11.2 Å². The molecule has 1 aromatic rings. The fourth-order valence-electron chi connectivity index (χ4n) is 1.83. The van der Waals surface area contributed by atoms with Gasteiger partial charge in [-0.1, -0.05) is 0 Å². The minimum atomic E-state index is -0.564. The molecule has 0 unspecified atom stereocenters. The highest BCUT2D eigenvalue weighted by Crippen LogP contribution is 2.07. The Hall–Kier alpha value is -1.37. The van der Waals surface area contributed by atoms with Gasteiger partial charge >= 0.3 is 5.69 Å². The Balaban J connectivity index is 2.24. The maximum Gasteiger partial charge on any atom is 0.328 e. The molecule has 1 saturated heterocycles. The Labute approximate surface area is 105 Å². The van der Waals surface area contributed by atoms with Gasteiger partial charge in [0.2, 0.25) is 5.91 Å². The average molecular weight is 302 g/mol. The number of halogens is 1. The van der Waals surface area contributed by atoms with Crippen LogP contribution in [0.1, 0.15) is 12.8 Å². The van der Waals surface area contributed by atoms with Crippen molar-refractivity contribution in [3.63, 3.8) is 0 Å². The van der Waals surface area contributed by atoms with E-state index in [0.717, 1.165) is 17.4 Å². The maximum atomic E-state index is 11.8. The number of H-pyrrole nitrogens is 1. The number of aromatic amines is 1. The molecule has 92 valence electrons. The van der Waals surface area contributed by atoms with Crippen molar-refractivity contribution >= 4 is 21.8 Å². The predicted octanol–water partition coefficient (Wildman–Crippen LogP) is -0.0785. The monoisotopic (exact) mass is 301 g/mol. The third kappa shape index (κ3) is 2.49. The van der Waals surface area contributed by atoms with E-state index in [0.29, 0.717) is 13.1 Å². The number of carbonyl (C=O) groups excluding carboxylic acids is 1. The molecule has 1 amide bonds. The van der Waals surface area contributed by atoms with E-state index in [2.05, 4.69) is 20.9 Å². The van der Waals surface area contributed by atoms with Gasteiger partial charge < -0.3 is 9.88 Å². The van der Waals surface area contributed by atoms with Gasteiger partial charge in [-0.3, -0.25) is 9.59 Å². The molecule has 1 aliphatic heterocycles. The number of amides is 1. The second-order valence-corrected chi connectivity index (χ2v) is 4.78. The predicted molar refractivity (Wildman–Crippen MR) is 64.8 cm³/mol. The summed E-state index contributed by atoms with van der Waals surface area (Å²) in [6.07, 6.45) is 3.24. The first-order valence-electron chi connectivity index (χ1n) is 5.35. The van der Waals surface area contributed by atoms with Crippen LogP contribution in [0.25, 0.3) is 0 Å². The van der Waals surface area contributed by atoms with Crippen LogP contribution in [0.2, 0.25) is 0 Å². The van der Waals surface area contributed by atoms with Crippen molar-refractivity contribution in [1.29, 1.82) is 0 Å². The molecular formula is C10H12BrN3O3. The highest BCUT2D eigenvalue weighted by Gasteiger charge is 2.19. The summed E-state index contributed by atoms with van der Waals surface area (Å²) in [5.41, 5.74) is -1.05. The van der Waals surface area contributed by atoms with Crippen molar-refractivity contribution in [2.75, 3.05) is 13.1 Å². The van der Waals surface area contributed by atoms with Crippen molar-refractivity contribution in [2.45, 2.75) is 19.4 Å². The largest absolute Gasteiger partial charge is 0.341 e. The second-order valence-electron chi connectivity index (χ2n) is 3.92. The lowest BCUT2D eigenvalue weighted by Gasteiger charge is -2.15. The van der Waals surface area contributed by atoms with Crippen LogP contribution in [0, 0.1) is 0 Å². The van der Waals surface area contributed by atoms with Crippen LogP contribution < -0.4 is 11.2 Å². The SMILES string of the molecule is O=C(Cn1c(=O)[nH]cc(Br)c1=O)N1CCCC1. The fraction of sp³-hybridized carbons (Fsp3) is 0.500. The lowest BCUT2D eigenvalue weighted by Crippen LogP contribution is -2.41. The quantitative estimate of drug-likeness (QED) is 0.830. The Kier molecular flexibility index (Phi) is 3.46. The van der Waals surface area contributed by atoms with Crippen molar-refractivity contribution in [3.8, 4) is 0 Å². The van der Waals surface area contributed by atoms with Gasteiger partial charge in [0.25, 0.3) is 5.56 Å². The summed E-state index contributed by atoms with van der Waals surface area (Å²) in [5.74, 6) is -0.187. The van der Waals surface area contributed by atoms with E-state index in [-0.39, 0.29) is 16.9 Å². The highest BCUT2D eigenvalue weighted by atomic mass is 79.9. The lowest BCUT2D eigenvalue weighted by molar-refractivity contribution is -0.130. The number of likely N-dealkylation sites (tertiary alicyclic amines) is 1. The topological polar surface area (TPSA) is 75.2 Å². The number of nitrogens with zero attached hydrogens (tertiary/aromatic N) is 2. The summed E-state index contributed by atoms with van der Waals surface area (Å²) >= 11 is 3.03. The number of aromatic nitrogens is 2. The molecule has 0 aliphatic carbocycles. The number of nitrogens with one attached hydrogen (secondary N) is 1. The minimum Gasteiger partial charge on any atom is -0.341 e. The van der Waals surface area contributed by atoms with Crippen molar-refractivity contribution < 1.29 is 4.79 Å². The first-order valence-corrected chi connectivity index (χ1v) is 6.14. The number of carbonyl (C=O) groups is 1. The molecule has 1 aliphatic rings. The molecule has 0 aromatic carbocycles. The molecule has 0 radical (unpaired) electrons. The van der Waals surface area contributed by atoms with Gasteiger partial charge in [0, 0.05) is 19.3 Å². The summed E-state index contributed by atoms with van der Waals surface area (Å²) in [6, 6.07) is 0. The Bertz CT molecular complexity index is 542. The Morgan fingerprint density at radius 3 is 2.65 bits per heavy atom. The van der Waals surface area contributed by atoms with E-state index in [9.17, 15) is 14.4 Å². The number of hydrogen-bond donors (Lipinski definition) is 1. The zero-order valence-corrected chi connectivity index (χ0v) is 10.7. The average Bonchev–Trinajstić information content (AvgIpc) is 2.83. The van der Waals surface area contributed by atoms with Crippen LogP contribution in [0.15, 0.2) is 20.3 Å². The molecular weight excluding hydrogens is 290 g/mol. The first kappa shape index (κ1) is 12.1. The maximum absolute atomic E-state index is 11.8. The molecule has 1 N–H and O–H groups in total. The Morgan fingerprint density at radius 2 is 2.00 bits per heavy atom. The van der Waals surface area contributed by atoms with Crippen molar-refractivity contribution in [3.05, 3.63) is 31.5 Å². The summed E-state index contributed by atoms with van der Waals surface area (Å²) in [5, 5.41) is 0. The molecule has 0 saturated carbocycles.